The van der Waals surface area contributed by atoms with E-state index < -0.39 is 10.0 Å². The molecule has 0 atom stereocenters. The molecule has 0 amide bonds. The number of rotatable bonds is 4. The van der Waals surface area contributed by atoms with Crippen molar-refractivity contribution in [3.05, 3.63) is 59.7 Å². The zero-order valence-electron chi connectivity index (χ0n) is 10.6. The van der Waals surface area contributed by atoms with E-state index in [0.717, 1.165) is 11.1 Å². The molecule has 0 heterocycles. The second-order valence-corrected chi connectivity index (χ2v) is 6.09. The minimum Gasteiger partial charge on any atom is -0.398 e. The number of sulfonamides is 1. The molecule has 0 aliphatic rings. The van der Waals surface area contributed by atoms with E-state index in [-0.39, 0.29) is 17.1 Å². The quantitative estimate of drug-likeness (QED) is 0.840. The maximum atomic E-state index is 12.1. The number of nitrogens with one attached hydrogen (secondary N) is 1. The van der Waals surface area contributed by atoms with Crippen LogP contribution in [0.5, 0.6) is 0 Å². The van der Waals surface area contributed by atoms with Crippen molar-refractivity contribution in [3.63, 3.8) is 0 Å². The van der Waals surface area contributed by atoms with Gasteiger partial charge >= 0.3 is 0 Å². The third kappa shape index (κ3) is 3.33. The van der Waals surface area contributed by atoms with E-state index in [2.05, 4.69) is 4.72 Å². The van der Waals surface area contributed by atoms with Gasteiger partial charge in [-0.25, -0.2) is 13.1 Å². The van der Waals surface area contributed by atoms with Crippen LogP contribution in [-0.4, -0.2) is 8.42 Å². The highest BCUT2D eigenvalue weighted by atomic mass is 32.2. The highest BCUT2D eigenvalue weighted by molar-refractivity contribution is 7.89. The van der Waals surface area contributed by atoms with Gasteiger partial charge in [0.25, 0.3) is 0 Å². The van der Waals surface area contributed by atoms with Crippen LogP contribution < -0.4 is 10.5 Å². The summed E-state index contributed by atoms with van der Waals surface area (Å²) in [4.78, 5) is 0.114. The van der Waals surface area contributed by atoms with Gasteiger partial charge in [-0.05, 0) is 24.6 Å². The molecule has 0 saturated carbocycles. The average Bonchev–Trinajstić information content (AvgIpc) is 2.37. The standard InChI is InChI=1S/C14H16N2O2S/c1-11-5-4-6-12(9-11)10-16-19(17,18)14-8-3-2-7-13(14)15/h2-9,16H,10,15H2,1H3. The van der Waals surface area contributed by atoms with E-state index in [0.29, 0.717) is 0 Å². The Balaban J connectivity index is 2.17. The lowest BCUT2D eigenvalue weighted by molar-refractivity contribution is 0.581. The van der Waals surface area contributed by atoms with Gasteiger partial charge in [-0.15, -0.1) is 0 Å². The fourth-order valence-electron chi connectivity index (χ4n) is 1.80. The highest BCUT2D eigenvalue weighted by Gasteiger charge is 2.16. The van der Waals surface area contributed by atoms with Crippen molar-refractivity contribution in [1.82, 2.24) is 4.72 Å². The third-order valence-corrected chi connectivity index (χ3v) is 4.23. The lowest BCUT2D eigenvalue weighted by atomic mass is 10.1. The molecule has 0 bridgehead atoms. The summed E-state index contributed by atoms with van der Waals surface area (Å²) in [5, 5.41) is 0. The Morgan fingerprint density at radius 2 is 1.84 bits per heavy atom. The number of hydrogen-bond donors (Lipinski definition) is 2. The smallest absolute Gasteiger partial charge is 0.242 e. The van der Waals surface area contributed by atoms with Crippen LogP contribution in [0.3, 0.4) is 0 Å². The van der Waals surface area contributed by atoms with Crippen LogP contribution in [0, 0.1) is 6.92 Å². The third-order valence-electron chi connectivity index (χ3n) is 2.76. The first-order chi connectivity index (χ1) is 8.99. The van der Waals surface area contributed by atoms with E-state index in [1.807, 2.05) is 31.2 Å². The maximum Gasteiger partial charge on any atom is 0.242 e. The molecular formula is C14H16N2O2S. The normalized spacial score (nSPS) is 11.4. The van der Waals surface area contributed by atoms with E-state index >= 15 is 0 Å². The number of anilines is 1. The first kappa shape index (κ1) is 13.6. The van der Waals surface area contributed by atoms with E-state index in [9.17, 15) is 8.42 Å². The van der Waals surface area contributed by atoms with Crippen LogP contribution in [0.2, 0.25) is 0 Å². The molecule has 3 N–H and O–H groups in total. The maximum absolute atomic E-state index is 12.1. The summed E-state index contributed by atoms with van der Waals surface area (Å²) >= 11 is 0. The number of nitrogens with two attached hydrogens (primary N) is 1. The van der Waals surface area contributed by atoms with Crippen LogP contribution in [-0.2, 0) is 16.6 Å². The van der Waals surface area contributed by atoms with Gasteiger partial charge in [-0.2, -0.15) is 0 Å². The Morgan fingerprint density at radius 3 is 2.53 bits per heavy atom. The molecule has 0 aliphatic carbocycles. The Kier molecular flexibility index (Phi) is 3.87. The molecule has 19 heavy (non-hydrogen) atoms. The second kappa shape index (κ2) is 5.42. The SMILES string of the molecule is Cc1cccc(CNS(=O)(=O)c2ccccc2N)c1. The summed E-state index contributed by atoms with van der Waals surface area (Å²) in [7, 11) is -3.58. The molecule has 4 nitrogen and oxygen atoms in total. The van der Waals surface area contributed by atoms with Crippen LogP contribution in [0.15, 0.2) is 53.4 Å². The van der Waals surface area contributed by atoms with E-state index in [1.165, 1.54) is 6.07 Å². The molecule has 2 aromatic rings. The number of para-hydroxylation sites is 1. The summed E-state index contributed by atoms with van der Waals surface area (Å²) in [6.45, 7) is 2.21. The first-order valence-corrected chi connectivity index (χ1v) is 7.37. The number of benzene rings is 2. The van der Waals surface area contributed by atoms with Crippen molar-refractivity contribution in [3.8, 4) is 0 Å². The summed E-state index contributed by atoms with van der Waals surface area (Å²) in [6, 6.07) is 14.1. The molecule has 2 rings (SSSR count). The lowest BCUT2D eigenvalue weighted by Gasteiger charge is -2.09. The van der Waals surface area contributed by atoms with Crippen molar-refractivity contribution in [2.75, 3.05) is 5.73 Å². The van der Waals surface area contributed by atoms with Crippen molar-refractivity contribution in [2.45, 2.75) is 18.4 Å². The van der Waals surface area contributed by atoms with Gasteiger partial charge in [0.05, 0.1) is 5.69 Å². The van der Waals surface area contributed by atoms with Crippen LogP contribution in [0.4, 0.5) is 5.69 Å². The van der Waals surface area contributed by atoms with Crippen molar-refractivity contribution >= 4 is 15.7 Å². The Morgan fingerprint density at radius 1 is 1.11 bits per heavy atom. The molecule has 0 spiro atoms. The molecule has 0 unspecified atom stereocenters. The molecule has 0 fully saturated rings. The zero-order valence-corrected chi connectivity index (χ0v) is 11.4. The second-order valence-electron chi connectivity index (χ2n) is 4.35. The minimum absolute atomic E-state index is 0.114. The fraction of sp³-hybridized carbons (Fsp3) is 0.143. The summed E-state index contributed by atoms with van der Waals surface area (Å²) in [5.41, 5.74) is 7.94. The highest BCUT2D eigenvalue weighted by Crippen LogP contribution is 2.17. The van der Waals surface area contributed by atoms with E-state index in [4.69, 9.17) is 5.73 Å². The van der Waals surface area contributed by atoms with E-state index in [1.54, 1.807) is 18.2 Å². The van der Waals surface area contributed by atoms with Gasteiger partial charge in [-0.3, -0.25) is 0 Å². The van der Waals surface area contributed by atoms with Gasteiger partial charge in [0, 0.05) is 6.54 Å². The average molecular weight is 276 g/mol. The van der Waals surface area contributed by atoms with Gasteiger partial charge in [0.15, 0.2) is 0 Å². The molecule has 2 aromatic carbocycles. The molecular weight excluding hydrogens is 260 g/mol. The Bertz CT molecular complexity index is 681. The molecule has 5 heteroatoms. The summed E-state index contributed by atoms with van der Waals surface area (Å²) in [5.74, 6) is 0. The predicted molar refractivity (Wildman–Crippen MR) is 76.1 cm³/mol. The van der Waals surface area contributed by atoms with Gasteiger partial charge in [0.2, 0.25) is 10.0 Å². The number of hydrogen-bond acceptors (Lipinski definition) is 3. The van der Waals surface area contributed by atoms with Crippen molar-refractivity contribution in [2.24, 2.45) is 0 Å². The number of aryl methyl sites for hydroxylation is 1. The zero-order chi connectivity index (χ0) is 13.9. The first-order valence-electron chi connectivity index (χ1n) is 5.89. The van der Waals surface area contributed by atoms with Gasteiger partial charge < -0.3 is 5.73 Å². The van der Waals surface area contributed by atoms with Gasteiger partial charge in [0.1, 0.15) is 4.90 Å². The lowest BCUT2D eigenvalue weighted by Crippen LogP contribution is -2.24. The molecule has 0 aromatic heterocycles. The molecule has 0 radical (unpaired) electrons. The van der Waals surface area contributed by atoms with Crippen LogP contribution >= 0.6 is 0 Å². The minimum atomic E-state index is -3.58. The Hall–Kier alpha value is -1.85. The molecule has 0 saturated heterocycles. The number of nitrogen functional groups attached to an aromatic ring is 1. The fourth-order valence-corrected chi connectivity index (χ4v) is 2.95. The predicted octanol–water partition coefficient (Wildman–Crippen LogP) is 2.06. The molecule has 0 aliphatic heterocycles. The summed E-state index contributed by atoms with van der Waals surface area (Å²) in [6.07, 6.45) is 0. The van der Waals surface area contributed by atoms with Crippen LogP contribution in [0.1, 0.15) is 11.1 Å². The largest absolute Gasteiger partial charge is 0.398 e. The van der Waals surface area contributed by atoms with Crippen molar-refractivity contribution < 1.29 is 8.42 Å². The Labute approximate surface area is 113 Å². The topological polar surface area (TPSA) is 72.2 Å². The van der Waals surface area contributed by atoms with Gasteiger partial charge in [-0.1, -0.05) is 42.0 Å². The van der Waals surface area contributed by atoms with Crippen molar-refractivity contribution in [1.29, 1.82) is 0 Å². The summed E-state index contributed by atoms with van der Waals surface area (Å²) < 4.78 is 26.8. The monoisotopic (exact) mass is 276 g/mol. The molecule has 100 valence electrons. The van der Waals surface area contributed by atoms with Crippen LogP contribution in [0.25, 0.3) is 0 Å².